The van der Waals surface area contributed by atoms with Crippen LogP contribution in [0.4, 0.5) is 0 Å². The lowest BCUT2D eigenvalue weighted by Gasteiger charge is -2.23. The van der Waals surface area contributed by atoms with Crippen molar-refractivity contribution >= 4 is 7.60 Å². The lowest BCUT2D eigenvalue weighted by Crippen LogP contribution is -2.25. The van der Waals surface area contributed by atoms with Gasteiger partial charge in [0, 0.05) is 0 Å². The first kappa shape index (κ1) is 7.22. The van der Waals surface area contributed by atoms with E-state index in [0.29, 0.717) is 13.0 Å². The van der Waals surface area contributed by atoms with Crippen molar-refractivity contribution in [3.63, 3.8) is 0 Å². The van der Waals surface area contributed by atoms with E-state index in [2.05, 4.69) is 4.52 Å². The quantitative estimate of drug-likeness (QED) is 0.487. The zero-order valence-electron chi connectivity index (χ0n) is 4.99. The number of hydrogen-bond donors (Lipinski definition) is 2. The Morgan fingerprint density at radius 2 is 2.44 bits per heavy atom. The van der Waals surface area contributed by atoms with Crippen molar-refractivity contribution in [2.45, 2.75) is 18.6 Å². The number of nitrogens with two attached hydrogens (primary N) is 1. The smallest absolute Gasteiger partial charge is 0.323 e. The Morgan fingerprint density at radius 3 is 2.78 bits per heavy atom. The highest BCUT2D eigenvalue weighted by Gasteiger charge is 2.31. The van der Waals surface area contributed by atoms with Gasteiger partial charge in [-0.2, -0.15) is 0 Å². The van der Waals surface area contributed by atoms with Gasteiger partial charge in [-0.15, -0.1) is 0 Å². The van der Waals surface area contributed by atoms with Crippen molar-refractivity contribution in [3.05, 3.63) is 0 Å². The van der Waals surface area contributed by atoms with Crippen LogP contribution in [0.15, 0.2) is 0 Å². The molecule has 0 amide bonds. The topological polar surface area (TPSA) is 72.5 Å². The Bertz CT molecular complexity index is 149. The van der Waals surface area contributed by atoms with Crippen molar-refractivity contribution in [1.29, 1.82) is 0 Å². The van der Waals surface area contributed by atoms with E-state index in [9.17, 15) is 4.57 Å². The minimum absolute atomic E-state index is 0.363. The van der Waals surface area contributed by atoms with Gasteiger partial charge in [-0.3, -0.25) is 4.57 Å². The zero-order chi connectivity index (χ0) is 6.91. The summed E-state index contributed by atoms with van der Waals surface area (Å²) < 4.78 is 15.3. The van der Waals surface area contributed by atoms with Gasteiger partial charge in [-0.05, 0) is 12.8 Å². The van der Waals surface area contributed by atoms with Crippen LogP contribution in [-0.2, 0) is 9.09 Å². The number of hydrogen-bond acceptors (Lipinski definition) is 3. The summed E-state index contributed by atoms with van der Waals surface area (Å²) >= 11 is 0. The Labute approximate surface area is 53.5 Å². The maximum absolute atomic E-state index is 10.8. The lowest BCUT2D eigenvalue weighted by molar-refractivity contribution is 0.220. The maximum atomic E-state index is 10.8. The van der Waals surface area contributed by atoms with Gasteiger partial charge in [0.15, 0.2) is 0 Å². The zero-order valence-corrected chi connectivity index (χ0v) is 5.88. The van der Waals surface area contributed by atoms with Crippen LogP contribution in [-0.4, -0.2) is 17.3 Å². The average molecular weight is 151 g/mol. The van der Waals surface area contributed by atoms with Crippen LogP contribution in [0.25, 0.3) is 0 Å². The third-order valence-corrected chi connectivity index (χ3v) is 2.99. The van der Waals surface area contributed by atoms with Crippen molar-refractivity contribution in [1.82, 2.24) is 0 Å². The molecule has 0 bridgehead atoms. The largest absolute Gasteiger partial charge is 0.344 e. The lowest BCUT2D eigenvalue weighted by atomic mass is 10.3. The molecule has 2 unspecified atom stereocenters. The van der Waals surface area contributed by atoms with Crippen molar-refractivity contribution in [2.75, 3.05) is 6.61 Å². The normalized spacial score (nSPS) is 44.9. The molecule has 0 spiro atoms. The molecule has 54 valence electrons. The van der Waals surface area contributed by atoms with Crippen LogP contribution < -0.4 is 5.73 Å². The second kappa shape index (κ2) is 2.39. The molecule has 0 aromatic rings. The molecule has 1 fully saturated rings. The van der Waals surface area contributed by atoms with Gasteiger partial charge in [0.2, 0.25) is 0 Å². The molecule has 0 radical (unpaired) electrons. The van der Waals surface area contributed by atoms with Crippen molar-refractivity contribution < 1.29 is 14.0 Å². The molecule has 1 saturated heterocycles. The van der Waals surface area contributed by atoms with E-state index in [0.717, 1.165) is 6.42 Å². The molecule has 4 nitrogen and oxygen atoms in total. The fraction of sp³-hybridized carbons (Fsp3) is 1.00. The van der Waals surface area contributed by atoms with Gasteiger partial charge in [-0.1, -0.05) is 0 Å². The first-order valence-corrected chi connectivity index (χ1v) is 4.50. The summed E-state index contributed by atoms with van der Waals surface area (Å²) in [5, 5.41) is 0. The highest BCUT2D eigenvalue weighted by atomic mass is 31.2. The second-order valence-corrected chi connectivity index (χ2v) is 4.16. The molecule has 0 aliphatic carbocycles. The highest BCUT2D eigenvalue weighted by Crippen LogP contribution is 2.49. The predicted molar refractivity (Wildman–Crippen MR) is 33.0 cm³/mol. The molecule has 9 heavy (non-hydrogen) atoms. The van der Waals surface area contributed by atoms with E-state index in [1.165, 1.54) is 0 Å². The summed E-state index contributed by atoms with van der Waals surface area (Å²) in [6, 6.07) is 0. The predicted octanol–water partition coefficient (Wildman–Crippen LogP) is 0.267. The Balaban J connectivity index is 2.60. The summed E-state index contributed by atoms with van der Waals surface area (Å²) in [5.74, 6) is -0.661. The number of rotatable bonds is 0. The highest BCUT2D eigenvalue weighted by molar-refractivity contribution is 7.53. The average Bonchev–Trinajstić information content (AvgIpc) is 1.77. The van der Waals surface area contributed by atoms with Crippen LogP contribution in [0.2, 0.25) is 0 Å². The summed E-state index contributed by atoms with van der Waals surface area (Å²) in [4.78, 5) is 8.85. The van der Waals surface area contributed by atoms with Gasteiger partial charge >= 0.3 is 7.60 Å². The van der Waals surface area contributed by atoms with Crippen LogP contribution in [0.5, 0.6) is 0 Å². The van der Waals surface area contributed by atoms with Gasteiger partial charge in [0.25, 0.3) is 0 Å². The molecule has 2 atom stereocenters. The van der Waals surface area contributed by atoms with E-state index >= 15 is 0 Å². The molecule has 0 saturated carbocycles. The Morgan fingerprint density at radius 1 is 1.78 bits per heavy atom. The van der Waals surface area contributed by atoms with E-state index in [4.69, 9.17) is 10.6 Å². The fourth-order valence-electron chi connectivity index (χ4n) is 0.747. The molecule has 1 heterocycles. The molecule has 1 aliphatic rings. The maximum Gasteiger partial charge on any atom is 0.344 e. The molecule has 1 rings (SSSR count). The summed E-state index contributed by atoms with van der Waals surface area (Å²) in [6.07, 6.45) is 1.37. The Kier molecular flexibility index (Phi) is 1.91. The van der Waals surface area contributed by atoms with Gasteiger partial charge in [-0.25, -0.2) is 0 Å². The third kappa shape index (κ3) is 1.52. The molecular weight excluding hydrogens is 141 g/mol. The second-order valence-electron chi connectivity index (χ2n) is 2.11. The summed E-state index contributed by atoms with van der Waals surface area (Å²) in [7, 11) is -3.40. The van der Waals surface area contributed by atoms with Crippen LogP contribution >= 0.6 is 7.60 Å². The third-order valence-electron chi connectivity index (χ3n) is 1.34. The van der Waals surface area contributed by atoms with Crippen molar-refractivity contribution in [3.8, 4) is 0 Å². The van der Waals surface area contributed by atoms with Crippen LogP contribution in [0.3, 0.4) is 0 Å². The van der Waals surface area contributed by atoms with E-state index in [-0.39, 0.29) is 0 Å². The molecule has 0 aromatic carbocycles. The van der Waals surface area contributed by atoms with Crippen LogP contribution in [0.1, 0.15) is 12.8 Å². The van der Waals surface area contributed by atoms with Crippen LogP contribution in [0, 0.1) is 0 Å². The molecular formula is C4H10NO3P. The SMILES string of the molecule is NC1CCCOP1(=O)O. The summed E-state index contributed by atoms with van der Waals surface area (Å²) in [5.41, 5.74) is 5.27. The monoisotopic (exact) mass is 151 g/mol. The van der Waals surface area contributed by atoms with Gasteiger partial charge in [0.1, 0.15) is 5.78 Å². The first-order chi connectivity index (χ1) is 4.13. The fourth-order valence-corrected chi connectivity index (χ4v) is 1.84. The van der Waals surface area contributed by atoms with Crippen molar-refractivity contribution in [2.24, 2.45) is 5.73 Å². The molecule has 3 N–H and O–H groups in total. The van der Waals surface area contributed by atoms with E-state index < -0.39 is 13.4 Å². The standard InChI is InChI=1S/C4H10NO3P/c5-4-2-1-3-8-9(4,6)7/h4H,1-3,5H2,(H,6,7). The summed E-state index contributed by atoms with van der Waals surface area (Å²) in [6.45, 7) is 0.363. The Hall–Kier alpha value is 0.110. The van der Waals surface area contributed by atoms with E-state index in [1.54, 1.807) is 0 Å². The molecule has 5 heteroatoms. The minimum Gasteiger partial charge on any atom is -0.323 e. The minimum atomic E-state index is -3.40. The van der Waals surface area contributed by atoms with Gasteiger partial charge < -0.3 is 15.2 Å². The molecule has 1 aliphatic heterocycles. The van der Waals surface area contributed by atoms with E-state index in [1.807, 2.05) is 0 Å². The van der Waals surface area contributed by atoms with Gasteiger partial charge in [0.05, 0.1) is 6.61 Å². The first-order valence-electron chi connectivity index (χ1n) is 2.85. The molecule has 0 aromatic heterocycles.